The van der Waals surface area contributed by atoms with Crippen molar-refractivity contribution in [2.45, 2.75) is 12.3 Å². The molecule has 0 aliphatic heterocycles. The standard InChI is InChI=1S/C10H11BrN2/c1-7-3-4-9-8(5-7)10(6-11)13(2)12-9/h3-5H,6H2,1-2H3. The first-order valence-electron chi connectivity index (χ1n) is 4.20. The SMILES string of the molecule is Cc1ccc2nn(C)c(CBr)c2c1. The summed E-state index contributed by atoms with van der Waals surface area (Å²) in [5, 5.41) is 6.51. The van der Waals surface area contributed by atoms with Crippen molar-refractivity contribution in [1.82, 2.24) is 9.78 Å². The number of benzene rings is 1. The minimum atomic E-state index is 0.851. The largest absolute Gasteiger partial charge is 0.271 e. The predicted molar refractivity (Wildman–Crippen MR) is 58.1 cm³/mol. The molecule has 0 spiro atoms. The number of aromatic nitrogens is 2. The molecule has 0 saturated carbocycles. The van der Waals surface area contributed by atoms with Gasteiger partial charge in [0.25, 0.3) is 0 Å². The molecule has 0 N–H and O–H groups in total. The van der Waals surface area contributed by atoms with Crippen molar-refractivity contribution in [1.29, 1.82) is 0 Å². The molecule has 1 heterocycles. The lowest BCUT2D eigenvalue weighted by molar-refractivity contribution is 0.748. The van der Waals surface area contributed by atoms with E-state index in [0.29, 0.717) is 0 Å². The summed E-state index contributed by atoms with van der Waals surface area (Å²) in [7, 11) is 1.98. The molecule has 0 saturated heterocycles. The van der Waals surface area contributed by atoms with E-state index in [0.717, 1.165) is 10.8 Å². The van der Waals surface area contributed by atoms with Crippen LogP contribution in [-0.4, -0.2) is 9.78 Å². The minimum Gasteiger partial charge on any atom is -0.271 e. The van der Waals surface area contributed by atoms with Crippen LogP contribution in [0.5, 0.6) is 0 Å². The molecule has 1 aromatic heterocycles. The first-order chi connectivity index (χ1) is 6.22. The first-order valence-corrected chi connectivity index (χ1v) is 5.32. The predicted octanol–water partition coefficient (Wildman–Crippen LogP) is 2.78. The van der Waals surface area contributed by atoms with Gasteiger partial charge in [-0.1, -0.05) is 27.6 Å². The van der Waals surface area contributed by atoms with Crippen LogP contribution < -0.4 is 0 Å². The van der Waals surface area contributed by atoms with Crippen LogP contribution in [-0.2, 0) is 12.4 Å². The highest BCUT2D eigenvalue weighted by molar-refractivity contribution is 9.08. The molecule has 1 aromatic carbocycles. The Morgan fingerprint density at radius 1 is 1.46 bits per heavy atom. The molecule has 0 aliphatic carbocycles. The van der Waals surface area contributed by atoms with Gasteiger partial charge in [0.15, 0.2) is 0 Å². The summed E-state index contributed by atoms with van der Waals surface area (Å²) in [5.74, 6) is 0. The third kappa shape index (κ3) is 1.37. The van der Waals surface area contributed by atoms with Gasteiger partial charge in [-0.15, -0.1) is 0 Å². The van der Waals surface area contributed by atoms with Gasteiger partial charge in [0, 0.05) is 17.8 Å². The summed E-state index contributed by atoms with van der Waals surface area (Å²) in [5.41, 5.74) is 3.59. The Morgan fingerprint density at radius 2 is 2.23 bits per heavy atom. The fourth-order valence-electron chi connectivity index (χ4n) is 1.52. The van der Waals surface area contributed by atoms with Gasteiger partial charge >= 0.3 is 0 Å². The molecule has 3 heteroatoms. The van der Waals surface area contributed by atoms with E-state index in [1.165, 1.54) is 16.6 Å². The van der Waals surface area contributed by atoms with Crippen molar-refractivity contribution in [3.05, 3.63) is 29.5 Å². The number of fused-ring (bicyclic) bond motifs is 1. The van der Waals surface area contributed by atoms with Crippen LogP contribution in [0.4, 0.5) is 0 Å². The normalized spacial score (nSPS) is 11.0. The van der Waals surface area contributed by atoms with Crippen molar-refractivity contribution in [2.24, 2.45) is 7.05 Å². The van der Waals surface area contributed by atoms with Gasteiger partial charge in [0.2, 0.25) is 0 Å². The zero-order valence-electron chi connectivity index (χ0n) is 7.71. The Balaban J connectivity index is 2.80. The van der Waals surface area contributed by atoms with E-state index < -0.39 is 0 Å². The Labute approximate surface area is 85.7 Å². The fourth-order valence-corrected chi connectivity index (χ4v) is 2.19. The summed E-state index contributed by atoms with van der Waals surface area (Å²) in [6.07, 6.45) is 0. The second-order valence-corrected chi connectivity index (χ2v) is 3.79. The number of nitrogens with zero attached hydrogens (tertiary/aromatic N) is 2. The highest BCUT2D eigenvalue weighted by Crippen LogP contribution is 2.20. The molecule has 0 amide bonds. The van der Waals surface area contributed by atoms with Crippen LogP contribution >= 0.6 is 15.9 Å². The monoisotopic (exact) mass is 238 g/mol. The lowest BCUT2D eigenvalue weighted by Gasteiger charge is -1.96. The van der Waals surface area contributed by atoms with Crippen LogP contribution in [0.15, 0.2) is 18.2 Å². The summed E-state index contributed by atoms with van der Waals surface area (Å²) >= 11 is 3.47. The van der Waals surface area contributed by atoms with E-state index >= 15 is 0 Å². The molecule has 68 valence electrons. The van der Waals surface area contributed by atoms with Gasteiger partial charge in [0.1, 0.15) is 0 Å². The lowest BCUT2D eigenvalue weighted by atomic mass is 10.1. The summed E-state index contributed by atoms with van der Waals surface area (Å²) in [6, 6.07) is 6.34. The molecule has 0 unspecified atom stereocenters. The zero-order chi connectivity index (χ0) is 9.42. The maximum absolute atomic E-state index is 4.41. The molecule has 2 nitrogen and oxygen atoms in total. The number of hydrogen-bond donors (Lipinski definition) is 0. The van der Waals surface area contributed by atoms with Gasteiger partial charge < -0.3 is 0 Å². The highest BCUT2D eigenvalue weighted by Gasteiger charge is 2.06. The van der Waals surface area contributed by atoms with Crippen molar-refractivity contribution < 1.29 is 0 Å². The number of rotatable bonds is 1. The molecule has 2 rings (SSSR count). The number of hydrogen-bond acceptors (Lipinski definition) is 1. The van der Waals surface area contributed by atoms with Crippen molar-refractivity contribution in [2.75, 3.05) is 0 Å². The lowest BCUT2D eigenvalue weighted by Crippen LogP contribution is -1.94. The molecular formula is C10H11BrN2. The quantitative estimate of drug-likeness (QED) is 0.699. The van der Waals surface area contributed by atoms with Gasteiger partial charge in [-0.25, -0.2) is 0 Å². The van der Waals surface area contributed by atoms with Crippen LogP contribution in [0, 0.1) is 6.92 Å². The zero-order valence-corrected chi connectivity index (χ0v) is 9.30. The van der Waals surface area contributed by atoms with Gasteiger partial charge in [-0.3, -0.25) is 4.68 Å². The third-order valence-corrected chi connectivity index (χ3v) is 2.77. The molecule has 0 aliphatic rings. The third-order valence-electron chi connectivity index (χ3n) is 2.24. The Kier molecular flexibility index (Phi) is 2.12. The van der Waals surface area contributed by atoms with Crippen molar-refractivity contribution >= 4 is 26.8 Å². The van der Waals surface area contributed by atoms with Crippen molar-refractivity contribution in [3.63, 3.8) is 0 Å². The maximum atomic E-state index is 4.41. The van der Waals surface area contributed by atoms with Gasteiger partial charge in [-0.05, 0) is 19.1 Å². The van der Waals surface area contributed by atoms with Crippen molar-refractivity contribution in [3.8, 4) is 0 Å². The number of halogens is 1. The molecule has 0 atom stereocenters. The van der Waals surface area contributed by atoms with E-state index in [9.17, 15) is 0 Å². The second kappa shape index (κ2) is 3.14. The average Bonchev–Trinajstić information content (AvgIpc) is 2.40. The van der Waals surface area contributed by atoms with E-state index in [1.807, 2.05) is 11.7 Å². The molecule has 0 fully saturated rings. The summed E-state index contributed by atoms with van der Waals surface area (Å²) < 4.78 is 1.93. The molecule has 2 aromatic rings. The van der Waals surface area contributed by atoms with E-state index in [4.69, 9.17) is 0 Å². The van der Waals surface area contributed by atoms with Gasteiger partial charge in [-0.2, -0.15) is 5.10 Å². The number of aryl methyl sites for hydroxylation is 2. The average molecular weight is 239 g/mol. The molecular weight excluding hydrogens is 228 g/mol. The minimum absolute atomic E-state index is 0.851. The maximum Gasteiger partial charge on any atom is 0.0926 e. The number of alkyl halides is 1. The summed E-state index contributed by atoms with van der Waals surface area (Å²) in [6.45, 7) is 2.10. The van der Waals surface area contributed by atoms with E-state index in [1.54, 1.807) is 0 Å². The second-order valence-electron chi connectivity index (χ2n) is 3.22. The van der Waals surface area contributed by atoms with Crippen LogP contribution in [0.2, 0.25) is 0 Å². The first kappa shape index (κ1) is 8.75. The fraction of sp³-hybridized carbons (Fsp3) is 0.300. The Morgan fingerprint density at radius 3 is 2.92 bits per heavy atom. The smallest absolute Gasteiger partial charge is 0.0926 e. The molecule has 0 bridgehead atoms. The highest BCUT2D eigenvalue weighted by atomic mass is 79.9. The van der Waals surface area contributed by atoms with Crippen LogP contribution in [0.1, 0.15) is 11.3 Å². The van der Waals surface area contributed by atoms with E-state index in [2.05, 4.69) is 46.2 Å². The summed E-state index contributed by atoms with van der Waals surface area (Å²) in [4.78, 5) is 0. The Bertz CT molecular complexity index is 445. The van der Waals surface area contributed by atoms with Crippen LogP contribution in [0.3, 0.4) is 0 Å². The van der Waals surface area contributed by atoms with E-state index in [-0.39, 0.29) is 0 Å². The van der Waals surface area contributed by atoms with Gasteiger partial charge in [0.05, 0.1) is 11.2 Å². The molecule has 13 heavy (non-hydrogen) atoms. The topological polar surface area (TPSA) is 17.8 Å². The van der Waals surface area contributed by atoms with Crippen LogP contribution in [0.25, 0.3) is 10.9 Å². The Hall–Kier alpha value is -0.830. The molecule has 0 radical (unpaired) electrons.